The molecule has 1 N–H and O–H groups in total. The van der Waals surface area contributed by atoms with Crippen molar-refractivity contribution >= 4 is 32.8 Å². The molecule has 0 atom stereocenters. The van der Waals surface area contributed by atoms with E-state index >= 15 is 0 Å². The number of nitrogens with zero attached hydrogens (tertiary/aromatic N) is 1. The SMILES string of the molecule is Cc1cc(-c2cc(C(=O)O)c3cc(Br)ccc3n2)c(C)o1. The molecule has 0 spiro atoms. The zero-order valence-electron chi connectivity index (χ0n) is 11.5. The molecule has 0 fully saturated rings. The number of furan rings is 1. The van der Waals surface area contributed by atoms with Crippen molar-refractivity contribution in [2.24, 2.45) is 0 Å². The molecule has 21 heavy (non-hydrogen) atoms. The highest BCUT2D eigenvalue weighted by Gasteiger charge is 2.16. The van der Waals surface area contributed by atoms with Gasteiger partial charge >= 0.3 is 5.97 Å². The van der Waals surface area contributed by atoms with Gasteiger partial charge in [0, 0.05) is 15.4 Å². The molecule has 2 heterocycles. The standard InChI is InChI=1S/C16H12BrNO3/c1-8-5-11(9(2)21-8)15-7-13(16(19)20)12-6-10(17)3-4-14(12)18-15/h3-7H,1-2H3,(H,19,20). The van der Waals surface area contributed by atoms with Gasteiger partial charge in [0.15, 0.2) is 0 Å². The molecule has 3 aromatic rings. The molecule has 0 aliphatic heterocycles. The van der Waals surface area contributed by atoms with Crippen LogP contribution in [0.1, 0.15) is 21.9 Å². The summed E-state index contributed by atoms with van der Waals surface area (Å²) in [6.45, 7) is 3.70. The minimum Gasteiger partial charge on any atom is -0.478 e. The molecular weight excluding hydrogens is 334 g/mol. The van der Waals surface area contributed by atoms with E-state index in [4.69, 9.17) is 4.42 Å². The fourth-order valence-electron chi connectivity index (χ4n) is 2.40. The smallest absolute Gasteiger partial charge is 0.336 e. The van der Waals surface area contributed by atoms with Crippen LogP contribution in [-0.4, -0.2) is 16.1 Å². The molecule has 0 aliphatic carbocycles. The van der Waals surface area contributed by atoms with Crippen molar-refractivity contribution in [1.82, 2.24) is 4.98 Å². The van der Waals surface area contributed by atoms with Crippen molar-refractivity contribution in [2.75, 3.05) is 0 Å². The Morgan fingerprint density at radius 2 is 2.00 bits per heavy atom. The topological polar surface area (TPSA) is 63.3 Å². The number of aryl methyl sites for hydroxylation is 2. The fourth-order valence-corrected chi connectivity index (χ4v) is 2.76. The summed E-state index contributed by atoms with van der Waals surface area (Å²) in [6.07, 6.45) is 0. The lowest BCUT2D eigenvalue weighted by Gasteiger charge is -2.07. The lowest BCUT2D eigenvalue weighted by atomic mass is 10.0. The molecule has 2 aromatic heterocycles. The van der Waals surface area contributed by atoms with Crippen LogP contribution in [0, 0.1) is 13.8 Å². The summed E-state index contributed by atoms with van der Waals surface area (Å²) < 4.78 is 6.33. The van der Waals surface area contributed by atoms with Crippen LogP contribution in [0.5, 0.6) is 0 Å². The van der Waals surface area contributed by atoms with Crippen LogP contribution < -0.4 is 0 Å². The van der Waals surface area contributed by atoms with Gasteiger partial charge in [-0.3, -0.25) is 0 Å². The zero-order valence-corrected chi connectivity index (χ0v) is 13.1. The van der Waals surface area contributed by atoms with E-state index in [-0.39, 0.29) is 5.56 Å². The largest absolute Gasteiger partial charge is 0.478 e. The van der Waals surface area contributed by atoms with Crippen LogP contribution in [0.15, 0.2) is 39.2 Å². The van der Waals surface area contributed by atoms with E-state index in [0.717, 1.165) is 21.6 Å². The normalized spacial score (nSPS) is 11.0. The Hall–Kier alpha value is -2.14. The number of halogens is 1. The Labute approximate surface area is 129 Å². The van der Waals surface area contributed by atoms with Crippen LogP contribution in [0.3, 0.4) is 0 Å². The van der Waals surface area contributed by atoms with E-state index in [9.17, 15) is 9.90 Å². The lowest BCUT2D eigenvalue weighted by Crippen LogP contribution is -2.00. The first-order valence-electron chi connectivity index (χ1n) is 6.36. The molecule has 0 saturated heterocycles. The number of carboxylic acids is 1. The van der Waals surface area contributed by atoms with Gasteiger partial charge in [0.1, 0.15) is 11.5 Å². The zero-order chi connectivity index (χ0) is 15.1. The van der Waals surface area contributed by atoms with Gasteiger partial charge in [-0.15, -0.1) is 0 Å². The van der Waals surface area contributed by atoms with E-state index in [1.807, 2.05) is 26.0 Å². The molecule has 5 heteroatoms. The summed E-state index contributed by atoms with van der Waals surface area (Å²) >= 11 is 3.36. The van der Waals surface area contributed by atoms with Gasteiger partial charge in [0.25, 0.3) is 0 Å². The first-order chi connectivity index (χ1) is 9.95. The molecule has 3 rings (SSSR count). The first kappa shape index (κ1) is 13.8. The van der Waals surface area contributed by atoms with Crippen molar-refractivity contribution in [3.63, 3.8) is 0 Å². The van der Waals surface area contributed by atoms with Crippen molar-refractivity contribution in [3.8, 4) is 11.3 Å². The van der Waals surface area contributed by atoms with E-state index in [0.29, 0.717) is 16.6 Å². The molecule has 1 aromatic carbocycles. The highest BCUT2D eigenvalue weighted by atomic mass is 79.9. The minimum atomic E-state index is -0.973. The first-order valence-corrected chi connectivity index (χ1v) is 7.16. The van der Waals surface area contributed by atoms with Crippen LogP contribution >= 0.6 is 15.9 Å². The molecular formula is C16H12BrNO3. The molecule has 0 amide bonds. The van der Waals surface area contributed by atoms with Gasteiger partial charge in [0.2, 0.25) is 0 Å². The maximum atomic E-state index is 11.5. The number of carbonyl (C=O) groups is 1. The van der Waals surface area contributed by atoms with Crippen molar-refractivity contribution in [2.45, 2.75) is 13.8 Å². The summed E-state index contributed by atoms with van der Waals surface area (Å²) in [5, 5.41) is 10.1. The number of hydrogen-bond acceptors (Lipinski definition) is 3. The molecule has 0 aliphatic rings. The Bertz CT molecular complexity index is 867. The molecule has 0 unspecified atom stereocenters. The molecule has 0 bridgehead atoms. The number of aromatic carboxylic acids is 1. The van der Waals surface area contributed by atoms with Crippen molar-refractivity contribution in [1.29, 1.82) is 0 Å². The lowest BCUT2D eigenvalue weighted by molar-refractivity contribution is 0.0699. The Morgan fingerprint density at radius 3 is 2.62 bits per heavy atom. The summed E-state index contributed by atoms with van der Waals surface area (Å²) in [6, 6.07) is 8.88. The van der Waals surface area contributed by atoms with Gasteiger partial charge in [0.05, 0.1) is 16.8 Å². The third kappa shape index (κ3) is 2.45. The van der Waals surface area contributed by atoms with Crippen molar-refractivity contribution < 1.29 is 14.3 Å². The van der Waals surface area contributed by atoms with E-state index < -0.39 is 5.97 Å². The Morgan fingerprint density at radius 1 is 1.24 bits per heavy atom. The second-order valence-electron chi connectivity index (χ2n) is 4.85. The number of carboxylic acid groups (broad SMARTS) is 1. The third-order valence-electron chi connectivity index (χ3n) is 3.32. The summed E-state index contributed by atoms with van der Waals surface area (Å²) in [5.41, 5.74) is 2.30. The third-order valence-corrected chi connectivity index (χ3v) is 3.81. The monoisotopic (exact) mass is 345 g/mol. The van der Waals surface area contributed by atoms with Crippen molar-refractivity contribution in [3.05, 3.63) is 51.9 Å². The molecule has 4 nitrogen and oxygen atoms in total. The molecule has 106 valence electrons. The Kier molecular flexibility index (Phi) is 3.29. The maximum absolute atomic E-state index is 11.5. The number of rotatable bonds is 2. The van der Waals surface area contributed by atoms with E-state index in [1.54, 1.807) is 18.2 Å². The quantitative estimate of drug-likeness (QED) is 0.738. The molecule has 0 saturated carbocycles. The minimum absolute atomic E-state index is 0.231. The number of aromatic nitrogens is 1. The van der Waals surface area contributed by atoms with Gasteiger partial charge in [-0.1, -0.05) is 15.9 Å². The second-order valence-corrected chi connectivity index (χ2v) is 5.76. The maximum Gasteiger partial charge on any atom is 0.336 e. The highest BCUT2D eigenvalue weighted by molar-refractivity contribution is 9.10. The van der Waals surface area contributed by atoms with Crippen LogP contribution in [-0.2, 0) is 0 Å². The summed E-state index contributed by atoms with van der Waals surface area (Å²) in [4.78, 5) is 16.1. The van der Waals surface area contributed by atoms with Gasteiger partial charge in [-0.05, 0) is 44.2 Å². The number of fused-ring (bicyclic) bond motifs is 1. The highest BCUT2D eigenvalue weighted by Crippen LogP contribution is 2.30. The summed E-state index contributed by atoms with van der Waals surface area (Å²) in [5.74, 6) is 0.532. The van der Waals surface area contributed by atoms with Gasteiger partial charge < -0.3 is 9.52 Å². The van der Waals surface area contributed by atoms with E-state index in [1.165, 1.54) is 0 Å². The van der Waals surface area contributed by atoms with Crippen LogP contribution in [0.2, 0.25) is 0 Å². The predicted molar refractivity (Wildman–Crippen MR) is 83.6 cm³/mol. The van der Waals surface area contributed by atoms with Gasteiger partial charge in [-0.2, -0.15) is 0 Å². The van der Waals surface area contributed by atoms with Crippen LogP contribution in [0.4, 0.5) is 0 Å². The fraction of sp³-hybridized carbons (Fsp3) is 0.125. The Balaban J connectivity index is 2.33. The average Bonchev–Trinajstić information content (AvgIpc) is 2.76. The average molecular weight is 346 g/mol. The van der Waals surface area contributed by atoms with E-state index in [2.05, 4.69) is 20.9 Å². The predicted octanol–water partition coefficient (Wildman–Crippen LogP) is 4.57. The number of hydrogen-bond donors (Lipinski definition) is 1. The molecule has 0 radical (unpaired) electrons. The van der Waals surface area contributed by atoms with Crippen LogP contribution in [0.25, 0.3) is 22.2 Å². The summed E-state index contributed by atoms with van der Waals surface area (Å²) in [7, 11) is 0. The number of benzene rings is 1. The second kappa shape index (κ2) is 5.00. The number of pyridine rings is 1. The van der Waals surface area contributed by atoms with Gasteiger partial charge in [-0.25, -0.2) is 9.78 Å².